The first-order valence-electron chi connectivity index (χ1n) is 4.15. The Hall–Kier alpha value is -0.380. The van der Waals surface area contributed by atoms with E-state index < -0.39 is 0 Å². The summed E-state index contributed by atoms with van der Waals surface area (Å²) in [4.78, 5) is 1.44. The Balaban J connectivity index is 1.96. The molecule has 1 rings (SSSR count). The molecule has 0 aliphatic rings. The minimum Gasteiger partial charge on any atom is -0.383 e. The SMILES string of the molecule is COCCNCCc1cccs1. The molecular formula is C9H15NOS. The number of nitrogens with one attached hydrogen (secondary N) is 1. The molecule has 0 saturated heterocycles. The molecule has 0 aromatic carbocycles. The zero-order valence-electron chi connectivity index (χ0n) is 7.38. The van der Waals surface area contributed by atoms with E-state index in [1.165, 1.54) is 4.88 Å². The molecule has 0 amide bonds. The van der Waals surface area contributed by atoms with Crippen LogP contribution in [-0.2, 0) is 11.2 Å². The van der Waals surface area contributed by atoms with E-state index >= 15 is 0 Å². The van der Waals surface area contributed by atoms with Crippen LogP contribution < -0.4 is 5.32 Å². The van der Waals surface area contributed by atoms with Gasteiger partial charge in [0.1, 0.15) is 0 Å². The van der Waals surface area contributed by atoms with Gasteiger partial charge in [0.05, 0.1) is 6.61 Å². The standard InChI is InChI=1S/C9H15NOS/c1-11-7-6-10-5-4-9-3-2-8-12-9/h2-3,8,10H,4-7H2,1H3. The summed E-state index contributed by atoms with van der Waals surface area (Å²) in [5, 5.41) is 5.42. The summed E-state index contributed by atoms with van der Waals surface area (Å²) in [6.07, 6.45) is 1.13. The summed E-state index contributed by atoms with van der Waals surface area (Å²) in [6.45, 7) is 2.79. The van der Waals surface area contributed by atoms with Crippen LogP contribution in [0, 0.1) is 0 Å². The van der Waals surface area contributed by atoms with Crippen LogP contribution in [-0.4, -0.2) is 26.8 Å². The Morgan fingerprint density at radius 1 is 1.50 bits per heavy atom. The van der Waals surface area contributed by atoms with Gasteiger partial charge >= 0.3 is 0 Å². The van der Waals surface area contributed by atoms with Crippen LogP contribution in [0.5, 0.6) is 0 Å². The Kier molecular flexibility index (Phi) is 4.99. The van der Waals surface area contributed by atoms with Crippen LogP contribution in [0.1, 0.15) is 4.88 Å². The van der Waals surface area contributed by atoms with Crippen LogP contribution in [0.25, 0.3) is 0 Å². The van der Waals surface area contributed by atoms with E-state index in [0.29, 0.717) is 0 Å². The number of thiophene rings is 1. The van der Waals surface area contributed by atoms with Gasteiger partial charge in [-0.3, -0.25) is 0 Å². The van der Waals surface area contributed by atoms with Crippen molar-refractivity contribution in [2.45, 2.75) is 6.42 Å². The van der Waals surface area contributed by atoms with Crippen molar-refractivity contribution >= 4 is 11.3 Å². The molecule has 0 radical (unpaired) electrons. The average molecular weight is 185 g/mol. The molecule has 0 aliphatic carbocycles. The second-order valence-corrected chi connectivity index (χ2v) is 3.60. The lowest BCUT2D eigenvalue weighted by Crippen LogP contribution is -2.21. The molecule has 1 aromatic heterocycles. The fourth-order valence-electron chi connectivity index (χ4n) is 0.966. The lowest BCUT2D eigenvalue weighted by atomic mass is 10.3. The third-order valence-corrected chi connectivity index (χ3v) is 2.55. The van der Waals surface area contributed by atoms with Crippen molar-refractivity contribution in [2.75, 3.05) is 26.8 Å². The minimum absolute atomic E-state index is 0.796. The van der Waals surface area contributed by atoms with E-state index in [2.05, 4.69) is 22.8 Å². The second kappa shape index (κ2) is 6.17. The molecule has 12 heavy (non-hydrogen) atoms. The maximum atomic E-state index is 4.92. The van der Waals surface area contributed by atoms with Crippen molar-refractivity contribution in [1.29, 1.82) is 0 Å². The smallest absolute Gasteiger partial charge is 0.0587 e. The van der Waals surface area contributed by atoms with Crippen molar-refractivity contribution in [3.8, 4) is 0 Å². The van der Waals surface area contributed by atoms with Gasteiger partial charge in [0.15, 0.2) is 0 Å². The predicted molar refractivity (Wildman–Crippen MR) is 52.8 cm³/mol. The lowest BCUT2D eigenvalue weighted by Gasteiger charge is -2.01. The van der Waals surface area contributed by atoms with Gasteiger partial charge in [0.2, 0.25) is 0 Å². The molecule has 1 heterocycles. The van der Waals surface area contributed by atoms with Crippen molar-refractivity contribution < 1.29 is 4.74 Å². The molecule has 68 valence electrons. The summed E-state index contributed by atoms with van der Waals surface area (Å²) in [5.74, 6) is 0. The molecule has 3 heteroatoms. The molecule has 0 bridgehead atoms. The Bertz CT molecular complexity index is 186. The van der Waals surface area contributed by atoms with E-state index in [1.807, 2.05) is 11.3 Å². The molecular weight excluding hydrogens is 170 g/mol. The second-order valence-electron chi connectivity index (χ2n) is 2.57. The Morgan fingerprint density at radius 3 is 3.08 bits per heavy atom. The first kappa shape index (κ1) is 9.71. The van der Waals surface area contributed by atoms with Gasteiger partial charge in [-0.25, -0.2) is 0 Å². The average Bonchev–Trinajstić information content (AvgIpc) is 2.57. The first-order chi connectivity index (χ1) is 5.93. The van der Waals surface area contributed by atoms with E-state index in [-0.39, 0.29) is 0 Å². The third kappa shape index (κ3) is 3.85. The highest BCUT2D eigenvalue weighted by atomic mass is 32.1. The number of hydrogen-bond donors (Lipinski definition) is 1. The number of rotatable bonds is 6. The van der Waals surface area contributed by atoms with Crippen molar-refractivity contribution in [1.82, 2.24) is 5.32 Å². The molecule has 0 atom stereocenters. The maximum absolute atomic E-state index is 4.92. The van der Waals surface area contributed by atoms with Crippen molar-refractivity contribution in [3.05, 3.63) is 22.4 Å². The van der Waals surface area contributed by atoms with Gasteiger partial charge in [-0.1, -0.05) is 6.07 Å². The predicted octanol–water partition coefficient (Wildman–Crippen LogP) is 1.53. The Labute approximate surface area is 77.6 Å². The number of ether oxygens (including phenoxy) is 1. The summed E-state index contributed by atoms with van der Waals surface area (Å²) in [7, 11) is 1.72. The normalized spacial score (nSPS) is 10.4. The van der Waals surface area contributed by atoms with Crippen molar-refractivity contribution in [3.63, 3.8) is 0 Å². The molecule has 1 aromatic rings. The van der Waals surface area contributed by atoms with Crippen LogP contribution in [0.2, 0.25) is 0 Å². The first-order valence-corrected chi connectivity index (χ1v) is 5.03. The highest BCUT2D eigenvalue weighted by Crippen LogP contribution is 2.07. The number of hydrogen-bond acceptors (Lipinski definition) is 3. The van der Waals surface area contributed by atoms with Gasteiger partial charge in [0.25, 0.3) is 0 Å². The topological polar surface area (TPSA) is 21.3 Å². The van der Waals surface area contributed by atoms with Gasteiger partial charge < -0.3 is 10.1 Å². The van der Waals surface area contributed by atoms with Gasteiger partial charge in [-0.15, -0.1) is 11.3 Å². The van der Waals surface area contributed by atoms with Crippen LogP contribution >= 0.6 is 11.3 Å². The quantitative estimate of drug-likeness (QED) is 0.679. The summed E-state index contributed by atoms with van der Waals surface area (Å²) in [6, 6.07) is 4.26. The molecule has 1 N–H and O–H groups in total. The van der Waals surface area contributed by atoms with E-state index in [0.717, 1.165) is 26.1 Å². The monoisotopic (exact) mass is 185 g/mol. The molecule has 0 aliphatic heterocycles. The lowest BCUT2D eigenvalue weighted by molar-refractivity contribution is 0.199. The van der Waals surface area contributed by atoms with E-state index in [1.54, 1.807) is 7.11 Å². The highest BCUT2D eigenvalue weighted by Gasteiger charge is 1.92. The summed E-state index contributed by atoms with van der Waals surface area (Å²) >= 11 is 1.82. The molecule has 0 spiro atoms. The highest BCUT2D eigenvalue weighted by molar-refractivity contribution is 7.09. The summed E-state index contributed by atoms with van der Waals surface area (Å²) < 4.78 is 4.92. The zero-order valence-corrected chi connectivity index (χ0v) is 8.19. The summed E-state index contributed by atoms with van der Waals surface area (Å²) in [5.41, 5.74) is 0. The molecule has 0 unspecified atom stereocenters. The largest absolute Gasteiger partial charge is 0.383 e. The van der Waals surface area contributed by atoms with Gasteiger partial charge in [-0.05, 0) is 17.9 Å². The molecule has 0 saturated carbocycles. The molecule has 2 nitrogen and oxygen atoms in total. The van der Waals surface area contributed by atoms with Crippen LogP contribution in [0.3, 0.4) is 0 Å². The van der Waals surface area contributed by atoms with Crippen LogP contribution in [0.4, 0.5) is 0 Å². The van der Waals surface area contributed by atoms with Crippen LogP contribution in [0.15, 0.2) is 17.5 Å². The number of methoxy groups -OCH3 is 1. The fraction of sp³-hybridized carbons (Fsp3) is 0.556. The third-order valence-electron chi connectivity index (χ3n) is 1.61. The van der Waals surface area contributed by atoms with E-state index in [9.17, 15) is 0 Å². The molecule has 0 fully saturated rings. The zero-order chi connectivity index (χ0) is 8.65. The Morgan fingerprint density at radius 2 is 2.42 bits per heavy atom. The minimum atomic E-state index is 0.796. The van der Waals surface area contributed by atoms with E-state index in [4.69, 9.17) is 4.74 Å². The van der Waals surface area contributed by atoms with Gasteiger partial charge in [-0.2, -0.15) is 0 Å². The fourth-order valence-corrected chi connectivity index (χ4v) is 1.67. The maximum Gasteiger partial charge on any atom is 0.0587 e. The van der Waals surface area contributed by atoms with Crippen molar-refractivity contribution in [2.24, 2.45) is 0 Å². The van der Waals surface area contributed by atoms with Gasteiger partial charge in [0, 0.05) is 25.1 Å².